The lowest BCUT2D eigenvalue weighted by Crippen LogP contribution is -2.43. The van der Waals surface area contributed by atoms with Crippen molar-refractivity contribution in [3.8, 4) is 0 Å². The summed E-state index contributed by atoms with van der Waals surface area (Å²) in [5.41, 5.74) is 0.0687. The number of unbranched alkanes of at least 4 members (excludes halogenated alkanes) is 1. The number of aliphatic carboxylic acids is 1. The van der Waals surface area contributed by atoms with Crippen LogP contribution >= 0.6 is 0 Å². The molecule has 0 radical (unpaired) electrons. The molecule has 0 bridgehead atoms. The number of rotatable bonds is 9. The van der Waals surface area contributed by atoms with Gasteiger partial charge in [-0.15, -0.1) is 0 Å². The maximum atomic E-state index is 11.8. The molecule has 1 atom stereocenters. The normalized spacial score (nSPS) is 11.5. The number of carbonyl (C=O) groups is 2. The zero-order chi connectivity index (χ0) is 16.5. The summed E-state index contributed by atoms with van der Waals surface area (Å²) in [5.74, 6) is -1.62. The Morgan fingerprint density at radius 2 is 2.05 bits per heavy atom. The van der Waals surface area contributed by atoms with Crippen molar-refractivity contribution in [2.75, 3.05) is 11.9 Å². The van der Waals surface area contributed by atoms with Gasteiger partial charge in [0.05, 0.1) is 11.5 Å². The van der Waals surface area contributed by atoms with E-state index in [4.69, 9.17) is 5.11 Å². The summed E-state index contributed by atoms with van der Waals surface area (Å²) in [6, 6.07) is 4.99. The van der Waals surface area contributed by atoms with E-state index in [-0.39, 0.29) is 17.9 Å². The number of anilines is 1. The third-order valence-corrected chi connectivity index (χ3v) is 3.02. The number of nitrogens with zero attached hydrogens (tertiary/aromatic N) is 1. The Morgan fingerprint density at radius 1 is 1.36 bits per heavy atom. The van der Waals surface area contributed by atoms with Crippen LogP contribution in [0.2, 0.25) is 0 Å². The first-order chi connectivity index (χ1) is 10.5. The van der Waals surface area contributed by atoms with E-state index in [0.717, 1.165) is 6.42 Å². The van der Waals surface area contributed by atoms with Gasteiger partial charge in [-0.1, -0.05) is 31.9 Å². The van der Waals surface area contributed by atoms with Gasteiger partial charge in [0.2, 0.25) is 5.91 Å². The summed E-state index contributed by atoms with van der Waals surface area (Å²) in [5, 5.41) is 24.9. The largest absolute Gasteiger partial charge is 0.480 e. The average molecular weight is 309 g/mol. The molecule has 0 aromatic heterocycles. The van der Waals surface area contributed by atoms with Crippen molar-refractivity contribution in [2.24, 2.45) is 0 Å². The van der Waals surface area contributed by atoms with Crippen molar-refractivity contribution >= 4 is 23.3 Å². The molecule has 1 unspecified atom stereocenters. The van der Waals surface area contributed by atoms with Gasteiger partial charge in [-0.3, -0.25) is 14.9 Å². The van der Waals surface area contributed by atoms with Crippen LogP contribution in [0, 0.1) is 10.1 Å². The van der Waals surface area contributed by atoms with Gasteiger partial charge >= 0.3 is 5.97 Å². The Balaban J connectivity index is 2.59. The lowest BCUT2D eigenvalue weighted by atomic mass is 10.1. The van der Waals surface area contributed by atoms with Crippen LogP contribution in [0.3, 0.4) is 0 Å². The highest BCUT2D eigenvalue weighted by Gasteiger charge is 2.19. The maximum Gasteiger partial charge on any atom is 0.326 e. The van der Waals surface area contributed by atoms with E-state index >= 15 is 0 Å². The van der Waals surface area contributed by atoms with Crippen molar-refractivity contribution in [2.45, 2.75) is 32.2 Å². The molecule has 0 aliphatic rings. The van der Waals surface area contributed by atoms with Crippen LogP contribution in [0.15, 0.2) is 24.3 Å². The Morgan fingerprint density at radius 3 is 2.64 bits per heavy atom. The first-order valence-corrected chi connectivity index (χ1v) is 6.95. The number of hydrogen-bond acceptors (Lipinski definition) is 5. The maximum absolute atomic E-state index is 11.8. The van der Waals surface area contributed by atoms with Crippen LogP contribution in [0.4, 0.5) is 11.4 Å². The third-order valence-electron chi connectivity index (χ3n) is 3.02. The molecule has 120 valence electrons. The highest BCUT2D eigenvalue weighted by Crippen LogP contribution is 2.22. The molecular formula is C14H19N3O5. The SMILES string of the molecule is CCCCC(NC(=O)CNc1ccccc1[N+](=O)[O-])C(=O)O. The lowest BCUT2D eigenvalue weighted by molar-refractivity contribution is -0.383. The summed E-state index contributed by atoms with van der Waals surface area (Å²) in [4.78, 5) is 33.1. The summed E-state index contributed by atoms with van der Waals surface area (Å²) in [6.07, 6.45) is 1.87. The van der Waals surface area contributed by atoms with Crippen LogP contribution < -0.4 is 10.6 Å². The van der Waals surface area contributed by atoms with E-state index < -0.39 is 22.8 Å². The molecule has 1 rings (SSSR count). The molecule has 0 spiro atoms. The molecule has 3 N–H and O–H groups in total. The molecule has 0 fully saturated rings. The Bertz CT molecular complexity index is 547. The molecule has 0 saturated heterocycles. The van der Waals surface area contributed by atoms with Gasteiger partial charge in [0.1, 0.15) is 11.7 Å². The second-order valence-electron chi connectivity index (χ2n) is 4.73. The van der Waals surface area contributed by atoms with Crippen LogP contribution in [0.25, 0.3) is 0 Å². The molecule has 1 aromatic carbocycles. The number of amides is 1. The lowest BCUT2D eigenvalue weighted by Gasteiger charge is -2.14. The molecule has 8 heteroatoms. The number of carbonyl (C=O) groups excluding carboxylic acids is 1. The summed E-state index contributed by atoms with van der Waals surface area (Å²) >= 11 is 0. The topological polar surface area (TPSA) is 122 Å². The van der Waals surface area contributed by atoms with E-state index in [1.807, 2.05) is 6.92 Å². The van der Waals surface area contributed by atoms with E-state index in [0.29, 0.717) is 12.8 Å². The fourth-order valence-electron chi connectivity index (χ4n) is 1.87. The molecule has 1 amide bonds. The standard InChI is InChI=1S/C14H19N3O5/c1-2-3-6-11(14(19)20)16-13(18)9-15-10-7-4-5-8-12(10)17(21)22/h4-5,7-8,11,15H,2-3,6,9H2,1H3,(H,16,18)(H,19,20). The molecule has 0 saturated carbocycles. The number of nitro benzene ring substituents is 1. The van der Waals surface area contributed by atoms with Crippen LogP contribution in [0.1, 0.15) is 26.2 Å². The second kappa shape index (κ2) is 8.60. The second-order valence-corrected chi connectivity index (χ2v) is 4.73. The van der Waals surface area contributed by atoms with Crippen LogP contribution in [-0.4, -0.2) is 34.5 Å². The predicted molar refractivity (Wildman–Crippen MR) is 80.7 cm³/mol. The van der Waals surface area contributed by atoms with Gasteiger partial charge in [-0.05, 0) is 12.5 Å². The minimum atomic E-state index is -1.09. The molecule has 8 nitrogen and oxygen atoms in total. The van der Waals surface area contributed by atoms with Crippen molar-refractivity contribution in [3.63, 3.8) is 0 Å². The summed E-state index contributed by atoms with van der Waals surface area (Å²) in [7, 11) is 0. The molecule has 1 aromatic rings. The van der Waals surface area contributed by atoms with Gasteiger partial charge in [0.15, 0.2) is 0 Å². The number of para-hydroxylation sites is 2. The van der Waals surface area contributed by atoms with Gasteiger partial charge in [0.25, 0.3) is 5.69 Å². The number of hydrogen-bond donors (Lipinski definition) is 3. The van der Waals surface area contributed by atoms with Crippen molar-refractivity contribution in [3.05, 3.63) is 34.4 Å². The molecule has 0 aliphatic carbocycles. The first-order valence-electron chi connectivity index (χ1n) is 6.95. The monoisotopic (exact) mass is 309 g/mol. The van der Waals surface area contributed by atoms with Gasteiger partial charge in [0, 0.05) is 6.07 Å². The first kappa shape index (κ1) is 17.4. The Kier molecular flexibility index (Phi) is 6.81. The Labute approximate surface area is 127 Å². The third kappa shape index (κ3) is 5.39. The van der Waals surface area contributed by atoms with E-state index in [1.54, 1.807) is 6.07 Å². The summed E-state index contributed by atoms with van der Waals surface area (Å²) < 4.78 is 0. The van der Waals surface area contributed by atoms with E-state index in [2.05, 4.69) is 10.6 Å². The van der Waals surface area contributed by atoms with Crippen LogP contribution in [-0.2, 0) is 9.59 Å². The highest BCUT2D eigenvalue weighted by atomic mass is 16.6. The Hall–Kier alpha value is -2.64. The zero-order valence-corrected chi connectivity index (χ0v) is 12.2. The average Bonchev–Trinajstić information content (AvgIpc) is 2.49. The number of benzene rings is 1. The van der Waals surface area contributed by atoms with Gasteiger partial charge < -0.3 is 15.7 Å². The van der Waals surface area contributed by atoms with Gasteiger partial charge in [-0.2, -0.15) is 0 Å². The fraction of sp³-hybridized carbons (Fsp3) is 0.429. The van der Waals surface area contributed by atoms with Crippen molar-refractivity contribution in [1.29, 1.82) is 0 Å². The smallest absolute Gasteiger partial charge is 0.326 e. The van der Waals surface area contributed by atoms with E-state index in [9.17, 15) is 19.7 Å². The number of carboxylic acids is 1. The van der Waals surface area contributed by atoms with Gasteiger partial charge in [-0.25, -0.2) is 4.79 Å². The minimum Gasteiger partial charge on any atom is -0.480 e. The van der Waals surface area contributed by atoms with Crippen LogP contribution in [0.5, 0.6) is 0 Å². The molecular weight excluding hydrogens is 290 g/mol. The highest BCUT2D eigenvalue weighted by molar-refractivity contribution is 5.86. The fourth-order valence-corrected chi connectivity index (χ4v) is 1.87. The number of nitrogens with one attached hydrogen (secondary N) is 2. The minimum absolute atomic E-state index is 0.143. The predicted octanol–water partition coefficient (Wildman–Crippen LogP) is 1.77. The summed E-state index contributed by atoms with van der Waals surface area (Å²) in [6.45, 7) is 1.69. The number of nitro groups is 1. The molecule has 0 heterocycles. The zero-order valence-electron chi connectivity index (χ0n) is 12.2. The number of carboxylic acid groups (broad SMARTS) is 1. The van der Waals surface area contributed by atoms with Crippen molar-refractivity contribution in [1.82, 2.24) is 5.32 Å². The molecule has 22 heavy (non-hydrogen) atoms. The van der Waals surface area contributed by atoms with E-state index in [1.165, 1.54) is 18.2 Å². The molecule has 0 aliphatic heterocycles. The van der Waals surface area contributed by atoms with Crippen molar-refractivity contribution < 1.29 is 19.6 Å². The quantitative estimate of drug-likeness (QED) is 0.472.